The van der Waals surface area contributed by atoms with Gasteiger partial charge in [0.05, 0.1) is 12.3 Å². The number of hydrogen-bond donors (Lipinski definition) is 1. The summed E-state index contributed by atoms with van der Waals surface area (Å²) in [6.07, 6.45) is 0. The Morgan fingerprint density at radius 3 is 2.63 bits per heavy atom. The molecular weight excluding hydrogens is 464 g/mol. The molecule has 0 unspecified atom stereocenters. The number of amides is 1. The Labute approximate surface area is 206 Å². The molecule has 1 aliphatic rings. The van der Waals surface area contributed by atoms with Crippen molar-refractivity contribution in [2.75, 3.05) is 17.9 Å². The van der Waals surface area contributed by atoms with E-state index in [0.717, 1.165) is 16.9 Å². The average molecular weight is 487 g/mol. The molecule has 0 saturated heterocycles. The van der Waals surface area contributed by atoms with Crippen LogP contribution in [-0.4, -0.2) is 39.0 Å². The minimum Gasteiger partial charge on any atom is -0.454 e. The summed E-state index contributed by atoms with van der Waals surface area (Å²) in [6, 6.07) is 22.5. The van der Waals surface area contributed by atoms with Crippen LogP contribution in [0.1, 0.15) is 22.8 Å². The fraction of sp³-hybridized carbons (Fsp3) is 0.154. The number of hydrogen-bond acceptors (Lipinski definition) is 7. The maximum atomic E-state index is 12.6. The monoisotopic (exact) mass is 486 g/mol. The van der Waals surface area contributed by atoms with Gasteiger partial charge in [-0.25, -0.2) is 0 Å². The SMILES string of the molecule is CC(=O)c1cccc(NC(=O)CSc2nnc(-c3ccccc3)n2Cc2ccc3c(c2)OCO3)c1. The number of aromatic nitrogens is 3. The van der Waals surface area contributed by atoms with Crippen molar-refractivity contribution in [1.29, 1.82) is 0 Å². The van der Waals surface area contributed by atoms with Crippen LogP contribution in [0.5, 0.6) is 11.5 Å². The quantitative estimate of drug-likeness (QED) is 0.286. The molecule has 0 spiro atoms. The molecule has 4 aromatic rings. The lowest BCUT2D eigenvalue weighted by Gasteiger charge is -2.11. The number of nitrogens with one attached hydrogen (secondary N) is 1. The lowest BCUT2D eigenvalue weighted by Crippen LogP contribution is -2.15. The minimum atomic E-state index is -0.199. The van der Waals surface area contributed by atoms with E-state index in [-0.39, 0.29) is 24.2 Å². The van der Waals surface area contributed by atoms with Crippen LogP contribution in [0.4, 0.5) is 5.69 Å². The molecule has 0 saturated carbocycles. The molecular formula is C26H22N4O4S. The molecule has 3 aromatic carbocycles. The highest BCUT2D eigenvalue weighted by molar-refractivity contribution is 7.99. The van der Waals surface area contributed by atoms with Crippen LogP contribution in [0.2, 0.25) is 0 Å². The van der Waals surface area contributed by atoms with E-state index >= 15 is 0 Å². The van der Waals surface area contributed by atoms with Crippen LogP contribution in [-0.2, 0) is 11.3 Å². The van der Waals surface area contributed by atoms with Gasteiger partial charge in [0.15, 0.2) is 28.3 Å². The Kier molecular flexibility index (Phi) is 6.49. The van der Waals surface area contributed by atoms with Gasteiger partial charge >= 0.3 is 0 Å². The largest absolute Gasteiger partial charge is 0.454 e. The molecule has 0 fully saturated rings. The highest BCUT2D eigenvalue weighted by Crippen LogP contribution is 2.33. The Balaban J connectivity index is 1.35. The van der Waals surface area contributed by atoms with Crippen LogP contribution in [0.25, 0.3) is 11.4 Å². The van der Waals surface area contributed by atoms with Crippen molar-refractivity contribution < 1.29 is 19.1 Å². The zero-order valence-corrected chi connectivity index (χ0v) is 19.7. The predicted octanol–water partition coefficient (Wildman–Crippen LogP) is 4.66. The van der Waals surface area contributed by atoms with Crippen LogP contribution in [0.3, 0.4) is 0 Å². The van der Waals surface area contributed by atoms with E-state index < -0.39 is 0 Å². The molecule has 5 rings (SSSR count). The molecule has 8 nitrogen and oxygen atoms in total. The zero-order valence-electron chi connectivity index (χ0n) is 18.9. The number of thioether (sulfide) groups is 1. The van der Waals surface area contributed by atoms with Crippen molar-refractivity contribution in [2.45, 2.75) is 18.6 Å². The van der Waals surface area contributed by atoms with E-state index in [0.29, 0.717) is 34.5 Å². The molecule has 9 heteroatoms. The number of ether oxygens (including phenoxy) is 2. The summed E-state index contributed by atoms with van der Waals surface area (Å²) in [5.41, 5.74) is 3.05. The smallest absolute Gasteiger partial charge is 0.234 e. The van der Waals surface area contributed by atoms with Gasteiger partial charge in [0.25, 0.3) is 0 Å². The molecule has 1 amide bonds. The summed E-state index contributed by atoms with van der Waals surface area (Å²) < 4.78 is 12.9. The fourth-order valence-corrected chi connectivity index (χ4v) is 4.44. The molecule has 0 aliphatic carbocycles. The Morgan fingerprint density at radius 2 is 1.80 bits per heavy atom. The molecule has 0 radical (unpaired) electrons. The van der Waals surface area contributed by atoms with Crippen LogP contribution in [0, 0.1) is 0 Å². The number of carbonyl (C=O) groups excluding carboxylic acids is 2. The Bertz CT molecular complexity index is 1390. The normalized spacial score (nSPS) is 11.9. The summed E-state index contributed by atoms with van der Waals surface area (Å²) >= 11 is 1.30. The third kappa shape index (κ3) is 5.20. The number of fused-ring (bicyclic) bond motifs is 1. The lowest BCUT2D eigenvalue weighted by molar-refractivity contribution is -0.113. The standard InChI is InChI=1S/C26H22N4O4S/c1-17(31)20-8-5-9-21(13-20)27-24(32)15-35-26-29-28-25(19-6-3-2-4-7-19)30(26)14-18-10-11-22-23(12-18)34-16-33-22/h2-13H,14-16H2,1H3,(H,27,32). The first-order valence-corrected chi connectivity index (χ1v) is 12.0. The second-order valence-electron chi connectivity index (χ2n) is 7.92. The molecule has 35 heavy (non-hydrogen) atoms. The topological polar surface area (TPSA) is 95.3 Å². The van der Waals surface area contributed by atoms with Crippen molar-refractivity contribution in [3.8, 4) is 22.9 Å². The van der Waals surface area contributed by atoms with Crippen LogP contribution < -0.4 is 14.8 Å². The van der Waals surface area contributed by atoms with Gasteiger partial charge in [-0.1, -0.05) is 60.3 Å². The van der Waals surface area contributed by atoms with Gasteiger partial charge in [-0.15, -0.1) is 10.2 Å². The number of ketones is 1. The zero-order chi connectivity index (χ0) is 24.2. The van der Waals surface area contributed by atoms with E-state index in [1.807, 2.05) is 53.1 Å². The van der Waals surface area contributed by atoms with Gasteiger partial charge in [-0.3, -0.25) is 14.2 Å². The summed E-state index contributed by atoms with van der Waals surface area (Å²) in [6.45, 7) is 2.21. The van der Waals surface area contributed by atoms with Crippen molar-refractivity contribution in [1.82, 2.24) is 14.8 Å². The highest BCUT2D eigenvalue weighted by atomic mass is 32.2. The van der Waals surface area contributed by atoms with E-state index in [2.05, 4.69) is 15.5 Å². The van der Waals surface area contributed by atoms with Gasteiger partial charge in [0, 0.05) is 16.8 Å². The van der Waals surface area contributed by atoms with Crippen molar-refractivity contribution in [3.63, 3.8) is 0 Å². The van der Waals surface area contributed by atoms with E-state index in [4.69, 9.17) is 9.47 Å². The molecule has 2 heterocycles. The number of anilines is 1. The molecule has 1 aromatic heterocycles. The minimum absolute atomic E-state index is 0.0551. The first-order chi connectivity index (χ1) is 17.1. The Morgan fingerprint density at radius 1 is 0.971 bits per heavy atom. The number of rotatable bonds is 8. The first kappa shape index (κ1) is 22.7. The third-order valence-electron chi connectivity index (χ3n) is 5.41. The molecule has 0 atom stereocenters. The van der Waals surface area contributed by atoms with Crippen molar-refractivity contribution in [2.24, 2.45) is 0 Å². The molecule has 1 N–H and O–H groups in total. The lowest BCUT2D eigenvalue weighted by atomic mass is 10.1. The van der Waals surface area contributed by atoms with Crippen LogP contribution >= 0.6 is 11.8 Å². The van der Waals surface area contributed by atoms with Gasteiger partial charge in [0.1, 0.15) is 0 Å². The van der Waals surface area contributed by atoms with Crippen molar-refractivity contribution >= 4 is 29.1 Å². The van der Waals surface area contributed by atoms with Gasteiger partial charge in [-0.05, 0) is 36.8 Å². The van der Waals surface area contributed by atoms with E-state index in [1.54, 1.807) is 24.3 Å². The molecule has 0 bridgehead atoms. The summed E-state index contributed by atoms with van der Waals surface area (Å²) in [4.78, 5) is 24.3. The Hall–Kier alpha value is -4.11. The third-order valence-corrected chi connectivity index (χ3v) is 6.38. The molecule has 176 valence electrons. The maximum Gasteiger partial charge on any atom is 0.234 e. The summed E-state index contributed by atoms with van der Waals surface area (Å²) in [5.74, 6) is 2.02. The van der Waals surface area contributed by atoms with Gasteiger partial charge < -0.3 is 14.8 Å². The number of carbonyl (C=O) groups is 2. The van der Waals surface area contributed by atoms with E-state index in [9.17, 15) is 9.59 Å². The maximum absolute atomic E-state index is 12.6. The fourth-order valence-electron chi connectivity index (χ4n) is 3.70. The average Bonchev–Trinajstić information content (AvgIpc) is 3.50. The predicted molar refractivity (Wildman–Crippen MR) is 133 cm³/mol. The number of Topliss-reactive ketones (excluding diaryl/α,β-unsaturated/α-hetero) is 1. The van der Waals surface area contributed by atoms with Gasteiger partial charge in [0.2, 0.25) is 12.7 Å². The van der Waals surface area contributed by atoms with Crippen molar-refractivity contribution in [3.05, 3.63) is 83.9 Å². The second-order valence-corrected chi connectivity index (χ2v) is 8.86. The summed E-state index contributed by atoms with van der Waals surface area (Å²) in [5, 5.41) is 12.3. The van der Waals surface area contributed by atoms with Crippen LogP contribution in [0.15, 0.2) is 78.0 Å². The highest BCUT2D eigenvalue weighted by Gasteiger charge is 2.18. The number of nitrogens with zero attached hydrogens (tertiary/aromatic N) is 3. The summed E-state index contributed by atoms with van der Waals surface area (Å²) in [7, 11) is 0. The molecule has 1 aliphatic heterocycles. The second kappa shape index (κ2) is 10.0. The van der Waals surface area contributed by atoms with E-state index in [1.165, 1.54) is 18.7 Å². The first-order valence-electron chi connectivity index (χ1n) is 11.0. The van der Waals surface area contributed by atoms with Gasteiger partial charge in [-0.2, -0.15) is 0 Å². The number of benzene rings is 3.